The first-order valence-corrected chi connectivity index (χ1v) is 10.2. The van der Waals surface area contributed by atoms with Crippen LogP contribution in [0.4, 0.5) is 4.79 Å². The first-order valence-electron chi connectivity index (χ1n) is 10.2. The lowest BCUT2D eigenvalue weighted by molar-refractivity contribution is -0.134. The summed E-state index contributed by atoms with van der Waals surface area (Å²) in [5.74, 6) is 0.729. The van der Waals surface area contributed by atoms with Crippen LogP contribution in [0.5, 0.6) is 11.5 Å². The van der Waals surface area contributed by atoms with Gasteiger partial charge in [0.05, 0.1) is 0 Å². The summed E-state index contributed by atoms with van der Waals surface area (Å²) in [5.41, 5.74) is -0.681. The van der Waals surface area contributed by atoms with Crippen LogP contribution in [0.1, 0.15) is 52.0 Å². The Morgan fingerprint density at radius 2 is 2.03 bits per heavy atom. The van der Waals surface area contributed by atoms with E-state index in [1.165, 1.54) is 0 Å². The second kappa shape index (κ2) is 8.71. The van der Waals surface area contributed by atoms with Gasteiger partial charge in [0.2, 0.25) is 12.7 Å². The van der Waals surface area contributed by atoms with E-state index >= 15 is 0 Å². The van der Waals surface area contributed by atoms with E-state index < -0.39 is 17.5 Å². The Labute approximate surface area is 170 Å². The number of unbranched alkanes of at least 4 members (excludes halogenated alkanes) is 1. The van der Waals surface area contributed by atoms with Crippen molar-refractivity contribution in [3.05, 3.63) is 23.8 Å². The van der Waals surface area contributed by atoms with Gasteiger partial charge in [-0.15, -0.1) is 0 Å². The van der Waals surface area contributed by atoms with Crippen LogP contribution in [0.25, 0.3) is 0 Å². The number of fused-ring (bicyclic) bond motifs is 1. The fraction of sp³-hybridized carbons (Fsp3) is 0.571. The Hall–Kier alpha value is -2.77. The highest BCUT2D eigenvalue weighted by Gasteiger charge is 2.49. The smallest absolute Gasteiger partial charge is 0.325 e. The number of hydrogen-bond donors (Lipinski definition) is 2. The number of imide groups is 1. The molecule has 0 aliphatic carbocycles. The zero-order chi connectivity index (χ0) is 21.0. The minimum atomic E-state index is -1.26. The molecule has 1 aromatic carbocycles. The molecule has 2 heterocycles. The Balaban J connectivity index is 1.63. The summed E-state index contributed by atoms with van der Waals surface area (Å²) in [6.45, 7) is 6.24. The quantitative estimate of drug-likeness (QED) is 0.618. The summed E-state index contributed by atoms with van der Waals surface area (Å²) in [4.78, 5) is 38.8. The van der Waals surface area contributed by atoms with Crippen molar-refractivity contribution in [3.8, 4) is 11.5 Å². The number of benzene rings is 1. The third kappa shape index (κ3) is 4.31. The topological polar surface area (TPSA) is 97.0 Å². The molecule has 4 amide bonds. The maximum atomic E-state index is 13.0. The predicted molar refractivity (Wildman–Crippen MR) is 106 cm³/mol. The number of nitrogens with one attached hydrogen (secondary N) is 2. The highest BCUT2D eigenvalue weighted by atomic mass is 16.7. The molecule has 2 aliphatic heterocycles. The Bertz CT molecular complexity index is 797. The fourth-order valence-corrected chi connectivity index (χ4v) is 3.64. The number of rotatable bonds is 9. The van der Waals surface area contributed by atoms with E-state index in [9.17, 15) is 14.4 Å². The van der Waals surface area contributed by atoms with E-state index in [2.05, 4.69) is 24.5 Å². The number of amides is 4. The summed E-state index contributed by atoms with van der Waals surface area (Å²) in [5, 5.41) is 5.57. The molecule has 8 heteroatoms. The molecule has 158 valence electrons. The van der Waals surface area contributed by atoms with Crippen LogP contribution >= 0.6 is 0 Å². The first-order chi connectivity index (χ1) is 13.9. The molecule has 3 rings (SSSR count). The molecule has 0 unspecified atom stereocenters. The highest BCUT2D eigenvalue weighted by molar-refractivity contribution is 6.09. The third-order valence-electron chi connectivity index (χ3n) is 5.66. The number of carbonyl (C=O) groups excluding carboxylic acids is 3. The van der Waals surface area contributed by atoms with E-state index in [0.29, 0.717) is 29.5 Å². The molecule has 0 saturated carbocycles. The molecule has 1 aromatic rings. The molecule has 0 spiro atoms. The molecule has 0 aromatic heterocycles. The summed E-state index contributed by atoms with van der Waals surface area (Å²) in [6, 6.07) is 4.53. The van der Waals surface area contributed by atoms with Gasteiger partial charge in [-0.05, 0) is 37.0 Å². The fourth-order valence-electron chi connectivity index (χ4n) is 3.64. The van der Waals surface area contributed by atoms with E-state index in [1.807, 2.05) is 0 Å². The molecule has 1 fully saturated rings. The van der Waals surface area contributed by atoms with Gasteiger partial charge in [0.15, 0.2) is 11.5 Å². The maximum Gasteiger partial charge on any atom is 0.325 e. The van der Waals surface area contributed by atoms with Crippen molar-refractivity contribution in [3.63, 3.8) is 0 Å². The van der Waals surface area contributed by atoms with Crippen LogP contribution in [0.3, 0.4) is 0 Å². The van der Waals surface area contributed by atoms with Gasteiger partial charge in [-0.25, -0.2) is 4.79 Å². The maximum absolute atomic E-state index is 13.0. The molecular weight excluding hydrogens is 374 g/mol. The largest absolute Gasteiger partial charge is 0.454 e. The van der Waals surface area contributed by atoms with Gasteiger partial charge >= 0.3 is 6.03 Å². The van der Waals surface area contributed by atoms with Crippen LogP contribution in [0.2, 0.25) is 0 Å². The van der Waals surface area contributed by atoms with Crippen molar-refractivity contribution in [2.75, 3.05) is 19.9 Å². The zero-order valence-corrected chi connectivity index (χ0v) is 17.2. The van der Waals surface area contributed by atoms with E-state index in [-0.39, 0.29) is 19.2 Å². The monoisotopic (exact) mass is 403 g/mol. The second-order valence-corrected chi connectivity index (χ2v) is 7.74. The van der Waals surface area contributed by atoms with Crippen LogP contribution in [-0.2, 0) is 15.1 Å². The lowest BCUT2D eigenvalue weighted by Crippen LogP contribution is -2.44. The van der Waals surface area contributed by atoms with Gasteiger partial charge in [0.25, 0.3) is 5.91 Å². The Morgan fingerprint density at radius 3 is 2.76 bits per heavy atom. The van der Waals surface area contributed by atoms with Crippen molar-refractivity contribution in [2.45, 2.75) is 52.0 Å². The SMILES string of the molecule is CCCC[C@H](CC)CNC(=O)CN1C(=O)N[C@](C)(c2ccc3c(c2)OCO3)C1=O. The molecule has 0 radical (unpaired) electrons. The van der Waals surface area contributed by atoms with E-state index in [4.69, 9.17) is 9.47 Å². The normalized spacial score (nSPS) is 21.3. The minimum absolute atomic E-state index is 0.124. The second-order valence-electron chi connectivity index (χ2n) is 7.74. The number of ether oxygens (including phenoxy) is 2. The van der Waals surface area contributed by atoms with Gasteiger partial charge in [-0.3, -0.25) is 14.5 Å². The van der Waals surface area contributed by atoms with Crippen molar-refractivity contribution < 1.29 is 23.9 Å². The third-order valence-corrected chi connectivity index (χ3v) is 5.66. The first kappa shape index (κ1) is 21.0. The lowest BCUT2D eigenvalue weighted by Gasteiger charge is -2.22. The summed E-state index contributed by atoms with van der Waals surface area (Å²) >= 11 is 0. The standard InChI is InChI=1S/C21H29N3O5/c1-4-6-7-14(5-2)11-22-18(25)12-24-19(26)21(3,23-20(24)27)15-8-9-16-17(10-15)29-13-28-16/h8-10,14H,4-7,11-13H2,1-3H3,(H,22,25)(H,23,27)/t14-,21+/m0/s1. The molecule has 0 bridgehead atoms. The van der Waals surface area contributed by atoms with Crippen molar-refractivity contribution in [1.29, 1.82) is 0 Å². The molecular formula is C21H29N3O5. The van der Waals surface area contributed by atoms with Gasteiger partial charge in [-0.2, -0.15) is 0 Å². The molecule has 2 aliphatic rings. The molecule has 2 N–H and O–H groups in total. The number of hydrogen-bond acceptors (Lipinski definition) is 5. The van der Waals surface area contributed by atoms with Crippen LogP contribution in [-0.4, -0.2) is 42.6 Å². The van der Waals surface area contributed by atoms with Crippen LogP contribution < -0.4 is 20.1 Å². The zero-order valence-electron chi connectivity index (χ0n) is 17.2. The molecule has 8 nitrogen and oxygen atoms in total. The van der Waals surface area contributed by atoms with Crippen LogP contribution in [0, 0.1) is 5.92 Å². The predicted octanol–water partition coefficient (Wildman–Crippen LogP) is 2.51. The summed E-state index contributed by atoms with van der Waals surface area (Å²) in [7, 11) is 0. The number of urea groups is 1. The van der Waals surface area contributed by atoms with Gasteiger partial charge in [0, 0.05) is 6.54 Å². The highest BCUT2D eigenvalue weighted by Crippen LogP contribution is 2.37. The lowest BCUT2D eigenvalue weighted by atomic mass is 9.91. The van der Waals surface area contributed by atoms with Crippen molar-refractivity contribution in [2.24, 2.45) is 5.92 Å². The molecule has 1 saturated heterocycles. The van der Waals surface area contributed by atoms with Crippen LogP contribution in [0.15, 0.2) is 18.2 Å². The molecule has 29 heavy (non-hydrogen) atoms. The van der Waals surface area contributed by atoms with Crippen molar-refractivity contribution >= 4 is 17.8 Å². The van der Waals surface area contributed by atoms with E-state index in [0.717, 1.165) is 30.6 Å². The summed E-state index contributed by atoms with van der Waals surface area (Å²) < 4.78 is 10.7. The van der Waals surface area contributed by atoms with Gasteiger partial charge in [-0.1, -0.05) is 39.2 Å². The average molecular weight is 403 g/mol. The van der Waals surface area contributed by atoms with Crippen molar-refractivity contribution in [1.82, 2.24) is 15.5 Å². The number of nitrogens with zero attached hydrogens (tertiary/aromatic N) is 1. The Kier molecular flexibility index (Phi) is 6.30. The summed E-state index contributed by atoms with van der Waals surface area (Å²) in [6.07, 6.45) is 4.27. The van der Waals surface area contributed by atoms with E-state index in [1.54, 1.807) is 25.1 Å². The average Bonchev–Trinajstić information content (AvgIpc) is 3.26. The van der Waals surface area contributed by atoms with Gasteiger partial charge < -0.3 is 20.1 Å². The Morgan fingerprint density at radius 1 is 1.28 bits per heavy atom. The molecule has 2 atom stereocenters. The van der Waals surface area contributed by atoms with Gasteiger partial charge in [0.1, 0.15) is 12.1 Å². The minimum Gasteiger partial charge on any atom is -0.454 e. The number of carbonyl (C=O) groups is 3.